The van der Waals surface area contributed by atoms with Crippen molar-refractivity contribution in [2.75, 3.05) is 48.7 Å². The second-order valence-corrected chi connectivity index (χ2v) is 15.6. The summed E-state index contributed by atoms with van der Waals surface area (Å²) < 4.78 is 87.3. The summed E-state index contributed by atoms with van der Waals surface area (Å²) in [6.07, 6.45) is 1.57. The molecule has 0 aliphatic carbocycles. The van der Waals surface area contributed by atoms with E-state index in [0.29, 0.717) is 46.8 Å². The van der Waals surface area contributed by atoms with Crippen LogP contribution in [-0.4, -0.2) is 75.5 Å². The van der Waals surface area contributed by atoms with Gasteiger partial charge in [-0.3, -0.25) is 4.99 Å². The van der Waals surface area contributed by atoms with Crippen LogP contribution in [0.4, 0.5) is 22.7 Å². The first kappa shape index (κ1) is 49.5. The van der Waals surface area contributed by atoms with E-state index < -0.39 is 30.0 Å². The van der Waals surface area contributed by atoms with Gasteiger partial charge in [-0.05, 0) is 112 Å². The van der Waals surface area contributed by atoms with Crippen LogP contribution in [0.1, 0.15) is 29.2 Å². The van der Waals surface area contributed by atoms with E-state index in [9.17, 15) is 36.2 Å². The molecule has 59 heavy (non-hydrogen) atoms. The van der Waals surface area contributed by atoms with E-state index in [1.165, 1.54) is 6.07 Å². The minimum atomic E-state index is -5.10. The smallest absolute Gasteiger partial charge is 0.744 e. The first-order chi connectivity index (χ1) is 27.0. The molecule has 0 fully saturated rings. The van der Waals surface area contributed by atoms with Gasteiger partial charge in [0.25, 0.3) is 0 Å². The largest absolute Gasteiger partial charge is 1.00 e. The van der Waals surface area contributed by atoms with Gasteiger partial charge < -0.3 is 49.1 Å². The Balaban J connectivity index is 0.00000465. The number of aliphatic hydroxyl groups is 1. The fraction of sp³-hybridized carbons (Fsp3) is 0.225. The minimum Gasteiger partial charge on any atom is -0.744 e. The number of nitrogens with zero attached hydrogens (tertiary/aromatic N) is 2. The summed E-state index contributed by atoms with van der Waals surface area (Å²) in [5.41, 5.74) is 6.10. The molecule has 19 heteroatoms. The fourth-order valence-corrected chi connectivity index (χ4v) is 6.78. The number of likely N-dealkylation sites (N-methyl/N-ethyl adjacent to an activating group) is 1. The van der Waals surface area contributed by atoms with Crippen molar-refractivity contribution in [1.82, 2.24) is 0 Å². The molecular formula is C40H42N4Na2O11S2. The number of rotatable bonds is 18. The van der Waals surface area contributed by atoms with E-state index in [1.807, 2.05) is 64.1 Å². The van der Waals surface area contributed by atoms with Gasteiger partial charge in [0.1, 0.15) is 37.5 Å². The number of phenols is 1. The predicted molar refractivity (Wildman–Crippen MR) is 215 cm³/mol. The van der Waals surface area contributed by atoms with Crippen LogP contribution < -0.4 is 88.9 Å². The maximum Gasteiger partial charge on any atom is 1.00 e. The number of nitrogens with one attached hydrogen (secondary N) is 2. The van der Waals surface area contributed by atoms with Gasteiger partial charge in [-0.2, -0.15) is 0 Å². The third kappa shape index (κ3) is 14.1. The van der Waals surface area contributed by atoms with Crippen LogP contribution in [-0.2, 0) is 20.2 Å². The molecule has 0 spiro atoms. The number of hydrogen-bond acceptors (Lipinski definition) is 15. The Hall–Kier alpha value is -3.85. The maximum atomic E-state index is 11.6. The second kappa shape index (κ2) is 22.1. The van der Waals surface area contributed by atoms with Crippen LogP contribution in [0, 0.1) is 20.8 Å². The topological polar surface area (TPSA) is 222 Å². The Bertz CT molecular complexity index is 2440. The first-order valence-electron chi connectivity index (χ1n) is 17.6. The van der Waals surface area contributed by atoms with Crippen LogP contribution >= 0.6 is 0 Å². The van der Waals surface area contributed by atoms with E-state index in [2.05, 4.69) is 20.5 Å². The summed E-state index contributed by atoms with van der Waals surface area (Å²) in [5, 5.41) is 26.1. The monoisotopic (exact) mass is 864 g/mol. The number of aliphatic hydroxyl groups excluding tert-OH is 1. The molecule has 0 bridgehead atoms. The molecule has 302 valence electrons. The molecule has 0 amide bonds. The molecule has 0 aliphatic heterocycles. The van der Waals surface area contributed by atoms with Gasteiger partial charge in [-0.15, -0.1) is 0 Å². The van der Waals surface area contributed by atoms with Gasteiger partial charge in [-0.1, -0.05) is 17.7 Å². The van der Waals surface area contributed by atoms with Gasteiger partial charge >= 0.3 is 59.1 Å². The standard InChI is InChI=1S/C40H44N4O11S2.2Na/c1-5-44(14-15-45)32-9-10-36(27(3)17-32)41-23-29-18-30(7-11-37(29)46)43-25-54-40-19-31(8-13-39(40)55-38-12-6-26(2)16-28(38)4)42-24-53-33-20-34(56(47,48)49)22-35(21-33)57(50,51)52;;/h6-13,16-23,42-43,45-46H,5,14-15,24-25H2,1-4H3,(H,47,48,49)(H,50,51,52);;/q;2*+1/p-2. The number of aliphatic imine (C=N–C) groups is 1. The normalized spacial score (nSPS) is 11.3. The predicted octanol–water partition coefficient (Wildman–Crippen LogP) is 0.392. The molecule has 0 saturated heterocycles. The van der Waals surface area contributed by atoms with Gasteiger partial charge in [0.05, 0.1) is 22.1 Å². The van der Waals surface area contributed by atoms with Gasteiger partial charge in [-0.25, -0.2) is 16.8 Å². The molecular weight excluding hydrogens is 823 g/mol. The van der Waals surface area contributed by atoms with Crippen molar-refractivity contribution in [3.05, 3.63) is 113 Å². The average Bonchev–Trinajstić information content (AvgIpc) is 3.15. The molecule has 5 aromatic rings. The Kier molecular flexibility index (Phi) is 18.6. The van der Waals surface area contributed by atoms with Crippen molar-refractivity contribution in [3.8, 4) is 28.7 Å². The minimum absolute atomic E-state index is 0. The summed E-state index contributed by atoms with van der Waals surface area (Å²) >= 11 is 0. The number of hydrogen-bond donors (Lipinski definition) is 4. The van der Waals surface area contributed by atoms with E-state index >= 15 is 0 Å². The Morgan fingerprint density at radius 2 is 1.36 bits per heavy atom. The van der Waals surface area contributed by atoms with Crippen LogP contribution in [0.15, 0.2) is 106 Å². The average molecular weight is 865 g/mol. The number of ether oxygens (including phenoxy) is 3. The maximum absolute atomic E-state index is 11.6. The number of phenolic OH excluding ortho intramolecular Hbond substituents is 1. The summed E-state index contributed by atoms with van der Waals surface area (Å²) in [4.78, 5) is 4.79. The van der Waals surface area contributed by atoms with Crippen LogP contribution in [0.3, 0.4) is 0 Å². The molecule has 5 rings (SSSR count). The first-order valence-corrected chi connectivity index (χ1v) is 20.4. The van der Waals surface area contributed by atoms with Crippen molar-refractivity contribution < 1.29 is 109 Å². The third-order valence-electron chi connectivity index (χ3n) is 8.61. The van der Waals surface area contributed by atoms with Crippen molar-refractivity contribution in [1.29, 1.82) is 0 Å². The number of benzene rings is 5. The zero-order valence-corrected chi connectivity index (χ0v) is 39.2. The zero-order chi connectivity index (χ0) is 41.3. The SMILES string of the molecule is CCN(CCO)c1ccc(N=Cc2cc(NCOc3cc(NCOc4cc(S(=O)(=O)[O-])cc(S(=O)(=O)[O-])c4)ccc3Oc3ccc(C)cc3C)ccc2O)c(C)c1.[Na+].[Na+]. The van der Waals surface area contributed by atoms with Crippen molar-refractivity contribution >= 4 is 49.2 Å². The Labute approximate surface area is 388 Å². The van der Waals surface area contributed by atoms with Crippen molar-refractivity contribution in [3.63, 3.8) is 0 Å². The fourth-order valence-electron chi connectivity index (χ4n) is 5.64. The van der Waals surface area contributed by atoms with Crippen LogP contribution in [0.5, 0.6) is 28.7 Å². The molecule has 15 nitrogen and oxygen atoms in total. The van der Waals surface area contributed by atoms with E-state index in [1.54, 1.807) is 36.5 Å². The van der Waals surface area contributed by atoms with E-state index in [4.69, 9.17) is 14.2 Å². The van der Waals surface area contributed by atoms with Gasteiger partial charge in [0, 0.05) is 48.0 Å². The molecule has 0 atom stereocenters. The molecule has 0 heterocycles. The summed E-state index contributed by atoms with van der Waals surface area (Å²) in [6, 6.07) is 23.5. The van der Waals surface area contributed by atoms with Crippen LogP contribution in [0.2, 0.25) is 0 Å². The Morgan fingerprint density at radius 1 is 0.729 bits per heavy atom. The summed E-state index contributed by atoms with van der Waals surface area (Å²) in [6.45, 7) is 8.78. The summed E-state index contributed by atoms with van der Waals surface area (Å²) in [7, 11) is -10.2. The third-order valence-corrected chi connectivity index (χ3v) is 10.2. The van der Waals surface area contributed by atoms with E-state index in [0.717, 1.165) is 46.7 Å². The van der Waals surface area contributed by atoms with Crippen molar-refractivity contribution in [2.45, 2.75) is 37.5 Å². The Morgan fingerprint density at radius 3 is 1.97 bits per heavy atom. The van der Waals surface area contributed by atoms with Crippen LogP contribution in [0.25, 0.3) is 0 Å². The zero-order valence-electron chi connectivity index (χ0n) is 33.6. The number of aromatic hydroxyl groups is 1. The molecule has 0 radical (unpaired) electrons. The molecule has 5 aromatic carbocycles. The van der Waals surface area contributed by atoms with E-state index in [-0.39, 0.29) is 90.7 Å². The van der Waals surface area contributed by atoms with Crippen molar-refractivity contribution in [2.24, 2.45) is 4.99 Å². The molecule has 0 unspecified atom stereocenters. The van der Waals surface area contributed by atoms with Gasteiger partial charge in [0.2, 0.25) is 0 Å². The molecule has 0 saturated carbocycles. The molecule has 4 N–H and O–H groups in total. The van der Waals surface area contributed by atoms with Gasteiger partial charge in [0.15, 0.2) is 25.0 Å². The summed E-state index contributed by atoms with van der Waals surface area (Å²) in [5.74, 6) is 0.948. The molecule has 0 aliphatic rings. The molecule has 0 aromatic heterocycles. The number of anilines is 3. The second-order valence-electron chi connectivity index (χ2n) is 12.8. The quantitative estimate of drug-likeness (QED) is 0.0308. The number of aryl methyl sites for hydroxylation is 3.